The van der Waals surface area contributed by atoms with Crippen molar-refractivity contribution in [3.05, 3.63) is 46.7 Å². The van der Waals surface area contributed by atoms with Crippen LogP contribution >= 0.6 is 0 Å². The molecule has 182 valence electrons. The van der Waals surface area contributed by atoms with Crippen molar-refractivity contribution in [2.24, 2.45) is 0 Å². The number of nitrogens with one attached hydrogen (secondary N) is 1. The fraction of sp³-hybridized carbons (Fsp3) is 0.524. The number of nitrogens with zero attached hydrogens (tertiary/aromatic N) is 5. The number of hydrogen-bond acceptors (Lipinski definition) is 4. The maximum absolute atomic E-state index is 13.5. The summed E-state index contributed by atoms with van der Waals surface area (Å²) >= 11 is 0. The van der Waals surface area contributed by atoms with Gasteiger partial charge in [-0.3, -0.25) is 9.48 Å². The Morgan fingerprint density at radius 3 is 2.35 bits per heavy atom. The van der Waals surface area contributed by atoms with E-state index in [1.807, 2.05) is 0 Å². The quantitative estimate of drug-likeness (QED) is 0.393. The van der Waals surface area contributed by atoms with Crippen LogP contribution in [0.15, 0.2) is 18.3 Å². The lowest BCUT2D eigenvalue weighted by molar-refractivity contribution is -0.143. The van der Waals surface area contributed by atoms with E-state index in [-0.39, 0.29) is 48.3 Å². The van der Waals surface area contributed by atoms with Crippen molar-refractivity contribution in [3.8, 4) is 0 Å². The first-order chi connectivity index (χ1) is 16.0. The molecule has 5 rings (SSSR count). The van der Waals surface area contributed by atoms with Crippen LogP contribution in [0.1, 0.15) is 77.1 Å². The monoisotopic (exact) mass is 486 g/mol. The molecule has 34 heavy (non-hydrogen) atoms. The van der Waals surface area contributed by atoms with E-state index in [0.717, 1.165) is 44.0 Å². The summed E-state index contributed by atoms with van der Waals surface area (Å²) in [4.78, 5) is 16.9. The molecule has 0 aromatic carbocycles. The van der Waals surface area contributed by atoms with Crippen molar-refractivity contribution in [1.82, 2.24) is 29.7 Å². The van der Waals surface area contributed by atoms with Crippen LogP contribution in [0.25, 0.3) is 5.65 Å². The third-order valence-corrected chi connectivity index (χ3v) is 5.95. The first-order valence-electron chi connectivity index (χ1n) is 10.9. The van der Waals surface area contributed by atoms with Crippen molar-refractivity contribution in [2.45, 2.75) is 62.8 Å². The number of rotatable bonds is 7. The fourth-order valence-electron chi connectivity index (χ4n) is 3.91. The lowest BCUT2D eigenvalue weighted by Gasteiger charge is -2.11. The zero-order valence-electron chi connectivity index (χ0n) is 17.7. The first kappa shape index (κ1) is 22.7. The Bertz CT molecular complexity index is 1240. The molecule has 3 heterocycles. The van der Waals surface area contributed by atoms with Gasteiger partial charge < -0.3 is 5.32 Å². The van der Waals surface area contributed by atoms with Gasteiger partial charge in [-0.25, -0.2) is 9.50 Å². The summed E-state index contributed by atoms with van der Waals surface area (Å²) in [5, 5.41) is 9.98. The van der Waals surface area contributed by atoms with E-state index in [4.69, 9.17) is 0 Å². The van der Waals surface area contributed by atoms with Crippen LogP contribution in [0, 0.1) is 0 Å². The van der Waals surface area contributed by atoms with Gasteiger partial charge in [-0.15, -0.1) is 0 Å². The number of hydrogen-bond donors (Lipinski definition) is 1. The van der Waals surface area contributed by atoms with Crippen molar-refractivity contribution >= 4 is 11.6 Å². The third-order valence-electron chi connectivity index (χ3n) is 5.95. The summed E-state index contributed by atoms with van der Waals surface area (Å²) in [5.74, 6) is -0.651. The van der Waals surface area contributed by atoms with E-state index in [1.165, 1.54) is 4.68 Å². The van der Waals surface area contributed by atoms with E-state index >= 15 is 0 Å². The van der Waals surface area contributed by atoms with Gasteiger partial charge in [-0.05, 0) is 44.2 Å². The van der Waals surface area contributed by atoms with Crippen LogP contribution in [0.4, 0.5) is 26.3 Å². The maximum Gasteiger partial charge on any atom is 0.435 e. The molecule has 3 aromatic rings. The molecule has 0 radical (unpaired) electrons. The Morgan fingerprint density at radius 2 is 1.74 bits per heavy atom. The molecule has 2 aliphatic carbocycles. The predicted molar refractivity (Wildman–Crippen MR) is 106 cm³/mol. The van der Waals surface area contributed by atoms with Gasteiger partial charge in [-0.1, -0.05) is 0 Å². The molecular weight excluding hydrogens is 466 g/mol. The van der Waals surface area contributed by atoms with E-state index in [9.17, 15) is 31.1 Å². The zero-order chi connectivity index (χ0) is 24.3. The smallest absolute Gasteiger partial charge is 0.352 e. The number of aromatic nitrogens is 5. The van der Waals surface area contributed by atoms with Gasteiger partial charge in [0.05, 0.1) is 6.20 Å². The number of alkyl halides is 6. The Kier molecular flexibility index (Phi) is 5.32. The van der Waals surface area contributed by atoms with E-state index < -0.39 is 29.6 Å². The molecule has 0 aliphatic heterocycles. The molecule has 2 saturated carbocycles. The minimum atomic E-state index is -4.66. The number of carbonyl (C=O) groups is 1. The number of carbonyl (C=O) groups excluding carboxylic acids is 1. The minimum Gasteiger partial charge on any atom is -0.352 e. The lowest BCUT2D eigenvalue weighted by atomic mass is 10.2. The molecule has 2 aliphatic rings. The summed E-state index contributed by atoms with van der Waals surface area (Å²) in [7, 11) is 0. The highest BCUT2D eigenvalue weighted by atomic mass is 19.4. The predicted octanol–water partition coefficient (Wildman–Crippen LogP) is 4.54. The van der Waals surface area contributed by atoms with E-state index in [0.29, 0.717) is 10.2 Å². The second-order valence-electron chi connectivity index (χ2n) is 8.69. The first-order valence-corrected chi connectivity index (χ1v) is 10.9. The van der Waals surface area contributed by atoms with E-state index in [1.54, 1.807) is 0 Å². The second kappa shape index (κ2) is 7.98. The Labute approximate surface area is 189 Å². The standard InChI is InChI=1S/C21H20F6N6O/c22-20(23,24)16-9-15(12-4-5-12)32(31-16)7-1-6-28-19(34)13-10-29-33-17(21(25,26)27)8-14(11-2-3-11)30-18(13)33/h8-12H,1-7H2,(H,28,34). The largest absolute Gasteiger partial charge is 0.435 e. The SMILES string of the molecule is O=C(NCCCn1nc(C(F)(F)F)cc1C1CC1)c1cnn2c(C(F)(F)F)cc(C3CC3)nc12. The van der Waals surface area contributed by atoms with Gasteiger partial charge in [0.2, 0.25) is 0 Å². The molecule has 0 saturated heterocycles. The number of halogens is 6. The molecule has 0 spiro atoms. The Hall–Kier alpha value is -3.12. The molecule has 0 unspecified atom stereocenters. The van der Waals surface area contributed by atoms with E-state index in [2.05, 4.69) is 20.5 Å². The molecule has 3 aromatic heterocycles. The van der Waals surface area contributed by atoms with Gasteiger partial charge in [-0.2, -0.15) is 36.5 Å². The van der Waals surface area contributed by atoms with Crippen molar-refractivity contribution in [3.63, 3.8) is 0 Å². The maximum atomic E-state index is 13.5. The van der Waals surface area contributed by atoms with Gasteiger partial charge in [0, 0.05) is 36.3 Å². The van der Waals surface area contributed by atoms with Crippen molar-refractivity contribution in [1.29, 1.82) is 0 Å². The van der Waals surface area contributed by atoms with Crippen LogP contribution in [0.5, 0.6) is 0 Å². The van der Waals surface area contributed by atoms with Crippen LogP contribution in [0.3, 0.4) is 0 Å². The van der Waals surface area contributed by atoms with Gasteiger partial charge in [0.15, 0.2) is 11.3 Å². The van der Waals surface area contributed by atoms with Crippen LogP contribution in [-0.4, -0.2) is 36.8 Å². The molecule has 7 nitrogen and oxygen atoms in total. The molecule has 0 atom stereocenters. The minimum absolute atomic E-state index is 0.0616. The van der Waals surface area contributed by atoms with Crippen LogP contribution < -0.4 is 5.32 Å². The zero-order valence-corrected chi connectivity index (χ0v) is 17.7. The van der Waals surface area contributed by atoms with Crippen LogP contribution in [0.2, 0.25) is 0 Å². The molecule has 0 bridgehead atoms. The summed E-state index contributed by atoms with van der Waals surface area (Å²) in [6.45, 7) is 0.259. The van der Waals surface area contributed by atoms with Crippen molar-refractivity contribution < 1.29 is 31.1 Å². The average molecular weight is 486 g/mol. The molecular formula is C21H20F6N6O. The lowest BCUT2D eigenvalue weighted by Crippen LogP contribution is -2.26. The second-order valence-corrected chi connectivity index (χ2v) is 8.69. The highest BCUT2D eigenvalue weighted by Gasteiger charge is 2.39. The summed E-state index contributed by atoms with van der Waals surface area (Å²) < 4.78 is 81.5. The highest BCUT2D eigenvalue weighted by Crippen LogP contribution is 2.42. The Morgan fingerprint density at radius 1 is 1.03 bits per heavy atom. The topological polar surface area (TPSA) is 77.1 Å². The number of fused-ring (bicyclic) bond motifs is 1. The molecule has 13 heteroatoms. The average Bonchev–Trinajstić information content (AvgIpc) is 3.69. The van der Waals surface area contributed by atoms with Crippen LogP contribution in [-0.2, 0) is 18.9 Å². The molecule has 1 N–H and O–H groups in total. The van der Waals surface area contributed by atoms with Gasteiger partial charge in [0.25, 0.3) is 5.91 Å². The van der Waals surface area contributed by atoms with Gasteiger partial charge in [0.1, 0.15) is 11.3 Å². The summed E-state index contributed by atoms with van der Waals surface area (Å²) in [6.07, 6.45) is -4.77. The highest BCUT2D eigenvalue weighted by molar-refractivity contribution is 5.99. The third kappa shape index (κ3) is 4.47. The number of amides is 1. The molecule has 1 amide bonds. The molecule has 2 fully saturated rings. The Balaban J connectivity index is 1.28. The summed E-state index contributed by atoms with van der Waals surface area (Å²) in [5.41, 5.74) is -1.40. The number of aryl methyl sites for hydroxylation is 1. The normalized spacial score (nSPS) is 16.9. The summed E-state index contributed by atoms with van der Waals surface area (Å²) in [6, 6.07) is 2.03. The fourth-order valence-corrected chi connectivity index (χ4v) is 3.91. The van der Waals surface area contributed by atoms with Crippen molar-refractivity contribution in [2.75, 3.05) is 6.54 Å². The van der Waals surface area contributed by atoms with Gasteiger partial charge >= 0.3 is 12.4 Å².